The van der Waals surface area contributed by atoms with E-state index in [2.05, 4.69) is 16.5 Å². The summed E-state index contributed by atoms with van der Waals surface area (Å²) in [6.45, 7) is 5.29. The van der Waals surface area contributed by atoms with Gasteiger partial charge in [-0.25, -0.2) is 9.67 Å². The van der Waals surface area contributed by atoms with E-state index in [0.717, 1.165) is 55.1 Å². The highest BCUT2D eigenvalue weighted by Gasteiger charge is 2.31. The van der Waals surface area contributed by atoms with E-state index in [4.69, 9.17) is 9.72 Å². The summed E-state index contributed by atoms with van der Waals surface area (Å²) in [5, 5.41) is 18.0. The smallest absolute Gasteiger partial charge is 0.235 e. The molecule has 176 valence electrons. The van der Waals surface area contributed by atoms with E-state index < -0.39 is 0 Å². The number of carbonyl (C=O) groups excluding carboxylic acids is 1. The lowest BCUT2D eigenvalue weighted by Gasteiger charge is -2.16. The Hall–Kier alpha value is -3.09. The zero-order chi connectivity index (χ0) is 23.7. The number of carbonyl (C=O) groups is 1. The fourth-order valence-electron chi connectivity index (χ4n) is 4.38. The first kappa shape index (κ1) is 22.7. The molecular weight excluding hydrogens is 448 g/mol. The summed E-state index contributed by atoms with van der Waals surface area (Å²) in [5.74, 6) is 1.92. The van der Waals surface area contributed by atoms with Gasteiger partial charge in [-0.2, -0.15) is 5.26 Å². The third-order valence-electron chi connectivity index (χ3n) is 6.50. The fraction of sp³-hybridized carbons (Fsp3) is 0.440. The second kappa shape index (κ2) is 9.65. The molecule has 0 radical (unpaired) electrons. The van der Waals surface area contributed by atoms with Crippen molar-refractivity contribution in [3.05, 3.63) is 53.0 Å². The van der Waals surface area contributed by atoms with Crippen molar-refractivity contribution in [2.45, 2.75) is 63.3 Å². The average molecular weight is 477 g/mol. The summed E-state index contributed by atoms with van der Waals surface area (Å²) in [7, 11) is 0. The van der Waals surface area contributed by atoms with Gasteiger partial charge in [-0.05, 0) is 57.2 Å². The number of benzene rings is 1. The number of anilines is 1. The number of amides is 1. The van der Waals surface area contributed by atoms with Gasteiger partial charge in [0, 0.05) is 18.2 Å². The molecule has 1 saturated carbocycles. The van der Waals surface area contributed by atoms with Crippen molar-refractivity contribution in [1.82, 2.24) is 19.3 Å². The van der Waals surface area contributed by atoms with Crippen molar-refractivity contribution in [2.24, 2.45) is 0 Å². The molecule has 9 heteroatoms. The maximum atomic E-state index is 12.9. The molecule has 0 unspecified atom stereocenters. The van der Waals surface area contributed by atoms with Crippen LogP contribution in [0.25, 0.3) is 5.69 Å². The second-order valence-electron chi connectivity index (χ2n) is 8.90. The molecule has 5 rings (SSSR count). The third kappa shape index (κ3) is 4.61. The van der Waals surface area contributed by atoms with Crippen LogP contribution in [0.4, 0.5) is 5.82 Å². The number of hydrogen-bond acceptors (Lipinski definition) is 6. The molecule has 34 heavy (non-hydrogen) atoms. The van der Waals surface area contributed by atoms with Crippen LogP contribution < -0.4 is 5.32 Å². The van der Waals surface area contributed by atoms with Crippen LogP contribution >= 0.6 is 11.8 Å². The molecule has 2 aliphatic rings. The maximum Gasteiger partial charge on any atom is 0.235 e. The van der Waals surface area contributed by atoms with Gasteiger partial charge < -0.3 is 14.6 Å². The van der Waals surface area contributed by atoms with E-state index in [-0.39, 0.29) is 17.8 Å². The minimum atomic E-state index is -0.184. The van der Waals surface area contributed by atoms with Crippen molar-refractivity contribution in [3.63, 3.8) is 0 Å². The Morgan fingerprint density at radius 1 is 1.26 bits per heavy atom. The molecule has 1 aromatic carbocycles. The maximum absolute atomic E-state index is 12.9. The van der Waals surface area contributed by atoms with Crippen LogP contribution in [0.2, 0.25) is 0 Å². The molecular formula is C25H28N6O2S. The fourth-order valence-corrected chi connectivity index (χ4v) is 5.01. The molecule has 1 saturated heterocycles. The first-order valence-electron chi connectivity index (χ1n) is 11.7. The lowest BCUT2D eigenvalue weighted by atomic mass is 10.2. The summed E-state index contributed by atoms with van der Waals surface area (Å²) >= 11 is 1.31. The highest BCUT2D eigenvalue weighted by Crippen LogP contribution is 2.40. The number of nitriles is 1. The Labute approximate surface area is 203 Å². The number of ether oxygens (including phenoxy) is 1. The molecule has 1 N–H and O–H groups in total. The minimum Gasteiger partial charge on any atom is -0.376 e. The summed E-state index contributed by atoms with van der Waals surface area (Å²) in [6.07, 6.45) is 4.37. The summed E-state index contributed by atoms with van der Waals surface area (Å²) in [5.41, 5.74) is 3.36. The van der Waals surface area contributed by atoms with Gasteiger partial charge in [0.15, 0.2) is 0 Å². The topological polar surface area (TPSA) is 97.8 Å². The number of rotatable bonds is 8. The number of thioether (sulfide) groups is 1. The first-order valence-corrected chi connectivity index (χ1v) is 12.7. The molecule has 0 spiro atoms. The minimum absolute atomic E-state index is 0.106. The summed E-state index contributed by atoms with van der Waals surface area (Å²) < 4.78 is 9.70. The molecule has 2 fully saturated rings. The molecule has 3 heterocycles. The van der Waals surface area contributed by atoms with Gasteiger partial charge in [0.1, 0.15) is 17.7 Å². The molecule has 1 atom stereocenters. The largest absolute Gasteiger partial charge is 0.376 e. The van der Waals surface area contributed by atoms with Gasteiger partial charge in [-0.15, -0.1) is 5.10 Å². The van der Waals surface area contributed by atoms with Crippen molar-refractivity contribution in [2.75, 3.05) is 17.7 Å². The van der Waals surface area contributed by atoms with Gasteiger partial charge >= 0.3 is 0 Å². The lowest BCUT2D eigenvalue weighted by molar-refractivity contribution is -0.113. The Morgan fingerprint density at radius 3 is 2.74 bits per heavy atom. The zero-order valence-electron chi connectivity index (χ0n) is 19.5. The van der Waals surface area contributed by atoms with Gasteiger partial charge in [-0.1, -0.05) is 30.0 Å². The van der Waals surface area contributed by atoms with E-state index in [9.17, 15) is 10.1 Å². The average Bonchev–Trinajstić information content (AvgIpc) is 3.31. The summed E-state index contributed by atoms with van der Waals surface area (Å²) in [4.78, 5) is 17.6. The highest BCUT2D eigenvalue weighted by atomic mass is 32.2. The molecule has 1 aliphatic carbocycles. The van der Waals surface area contributed by atoms with E-state index in [1.54, 1.807) is 0 Å². The van der Waals surface area contributed by atoms with Crippen molar-refractivity contribution >= 4 is 23.5 Å². The number of para-hydroxylation sites is 1. The predicted octanol–water partition coefficient (Wildman–Crippen LogP) is 4.34. The molecule has 0 bridgehead atoms. The van der Waals surface area contributed by atoms with Gasteiger partial charge in [0.25, 0.3) is 0 Å². The quantitative estimate of drug-likeness (QED) is 0.486. The Balaban J connectivity index is 1.31. The van der Waals surface area contributed by atoms with Crippen LogP contribution in [-0.4, -0.2) is 43.7 Å². The molecule has 2 aromatic heterocycles. The first-order chi connectivity index (χ1) is 16.5. The number of nitrogens with zero attached hydrogens (tertiary/aromatic N) is 5. The molecule has 8 nitrogen and oxygen atoms in total. The third-order valence-corrected chi connectivity index (χ3v) is 7.34. The normalized spacial score (nSPS) is 17.6. The van der Waals surface area contributed by atoms with Crippen molar-refractivity contribution < 1.29 is 9.53 Å². The predicted molar refractivity (Wildman–Crippen MR) is 130 cm³/mol. The van der Waals surface area contributed by atoms with Crippen LogP contribution in [0.5, 0.6) is 0 Å². The monoisotopic (exact) mass is 476 g/mol. The standard InChI is InChI=1S/C25H28N6O2S/c1-16-17(2)30(14-20-9-6-12-33-20)24(21(16)13-26)27-22(32)15-34-25-28-23(18-10-11-18)31(29-25)19-7-4-3-5-8-19/h3-5,7-8,18,20H,6,9-12,14-15H2,1-2H3,(H,27,32)/t20-/m1/s1. The van der Waals surface area contributed by atoms with E-state index in [1.165, 1.54) is 11.8 Å². The van der Waals surface area contributed by atoms with Crippen LogP contribution in [0.1, 0.15) is 54.2 Å². The zero-order valence-corrected chi connectivity index (χ0v) is 20.3. The van der Waals surface area contributed by atoms with E-state index >= 15 is 0 Å². The number of aromatic nitrogens is 4. The van der Waals surface area contributed by atoms with Crippen molar-refractivity contribution in [1.29, 1.82) is 5.26 Å². The second-order valence-corrected chi connectivity index (χ2v) is 9.85. The molecule has 3 aromatic rings. The number of hydrogen-bond donors (Lipinski definition) is 1. The number of nitrogens with one attached hydrogen (secondary N) is 1. The van der Waals surface area contributed by atoms with Crippen LogP contribution in [0, 0.1) is 25.2 Å². The lowest BCUT2D eigenvalue weighted by Crippen LogP contribution is -2.22. The highest BCUT2D eigenvalue weighted by molar-refractivity contribution is 7.99. The molecule has 1 aliphatic heterocycles. The van der Waals surface area contributed by atoms with Gasteiger partial charge in [0.05, 0.1) is 29.7 Å². The Kier molecular flexibility index (Phi) is 6.44. The van der Waals surface area contributed by atoms with Gasteiger partial charge in [0.2, 0.25) is 11.1 Å². The molecule has 1 amide bonds. The van der Waals surface area contributed by atoms with Gasteiger partial charge in [-0.3, -0.25) is 4.79 Å². The SMILES string of the molecule is Cc1c(C#N)c(NC(=O)CSc2nc(C3CC3)n(-c3ccccc3)n2)n(C[C@H]2CCCO2)c1C. The van der Waals surface area contributed by atoms with Crippen LogP contribution in [0.15, 0.2) is 35.5 Å². The Bertz CT molecular complexity index is 1230. The van der Waals surface area contributed by atoms with Crippen LogP contribution in [-0.2, 0) is 16.1 Å². The van der Waals surface area contributed by atoms with E-state index in [0.29, 0.717) is 29.0 Å². The summed E-state index contributed by atoms with van der Waals surface area (Å²) in [6, 6.07) is 12.2. The van der Waals surface area contributed by atoms with E-state index in [1.807, 2.05) is 53.4 Å². The van der Waals surface area contributed by atoms with Crippen LogP contribution in [0.3, 0.4) is 0 Å². The Morgan fingerprint density at radius 2 is 2.06 bits per heavy atom. The van der Waals surface area contributed by atoms with Crippen molar-refractivity contribution in [3.8, 4) is 11.8 Å².